The van der Waals surface area contributed by atoms with Crippen LogP contribution in [0.25, 0.3) is 0 Å². The van der Waals surface area contributed by atoms with Crippen molar-refractivity contribution >= 4 is 33.2 Å². The van der Waals surface area contributed by atoms with Gasteiger partial charge in [-0.3, -0.25) is 9.52 Å². The van der Waals surface area contributed by atoms with Gasteiger partial charge in [-0.05, 0) is 41.8 Å². The van der Waals surface area contributed by atoms with Gasteiger partial charge in [-0.25, -0.2) is 8.42 Å². The van der Waals surface area contributed by atoms with Crippen LogP contribution in [0.5, 0.6) is 0 Å². The summed E-state index contributed by atoms with van der Waals surface area (Å²) in [6.45, 7) is 2.49. The zero-order chi connectivity index (χ0) is 20.9. The molecule has 7 heteroatoms. The third kappa shape index (κ3) is 5.37. The molecule has 29 heavy (non-hydrogen) atoms. The predicted octanol–water partition coefficient (Wildman–Crippen LogP) is 4.67. The molecule has 3 rings (SSSR count). The van der Waals surface area contributed by atoms with Crippen molar-refractivity contribution in [2.24, 2.45) is 0 Å². The van der Waals surface area contributed by atoms with Crippen molar-refractivity contribution in [1.82, 2.24) is 5.32 Å². The average molecular weight is 429 g/mol. The summed E-state index contributed by atoms with van der Waals surface area (Å²) in [6.07, 6.45) is 0. The summed E-state index contributed by atoms with van der Waals surface area (Å²) in [4.78, 5) is 12.6. The first kappa shape index (κ1) is 20.9. The molecule has 0 fully saturated rings. The predicted molar refractivity (Wildman–Crippen MR) is 116 cm³/mol. The Labute approximate surface area is 175 Å². The molecule has 2 N–H and O–H groups in total. The molecule has 0 aliphatic carbocycles. The van der Waals surface area contributed by atoms with Crippen LogP contribution in [0.3, 0.4) is 0 Å². The first-order valence-electron chi connectivity index (χ1n) is 9.07. The van der Waals surface area contributed by atoms with Crippen LogP contribution >= 0.6 is 11.6 Å². The summed E-state index contributed by atoms with van der Waals surface area (Å²) >= 11 is 6.24. The zero-order valence-corrected chi connectivity index (χ0v) is 17.4. The lowest BCUT2D eigenvalue weighted by Gasteiger charge is -2.14. The molecule has 0 bridgehead atoms. The molecule has 3 aromatic carbocycles. The number of benzene rings is 3. The molecule has 1 amide bonds. The van der Waals surface area contributed by atoms with Gasteiger partial charge in [-0.1, -0.05) is 67.1 Å². The number of rotatable bonds is 7. The fourth-order valence-corrected chi connectivity index (χ4v) is 4.15. The van der Waals surface area contributed by atoms with E-state index in [1.54, 1.807) is 18.2 Å². The Morgan fingerprint density at radius 2 is 1.59 bits per heavy atom. The SMILES string of the molecule is C[C@@H](CNC(=O)c1ccc(NS(=O)(=O)c2ccccc2)cc1Cl)c1ccccc1. The lowest BCUT2D eigenvalue weighted by molar-refractivity contribution is 0.0952. The zero-order valence-electron chi connectivity index (χ0n) is 15.8. The molecule has 0 saturated carbocycles. The maximum atomic E-state index is 12.5. The highest BCUT2D eigenvalue weighted by Gasteiger charge is 2.16. The van der Waals surface area contributed by atoms with Crippen LogP contribution < -0.4 is 10.0 Å². The molecular formula is C22H21ClN2O3S. The van der Waals surface area contributed by atoms with E-state index < -0.39 is 10.0 Å². The third-order valence-electron chi connectivity index (χ3n) is 4.46. The number of amides is 1. The Morgan fingerprint density at radius 1 is 0.966 bits per heavy atom. The van der Waals surface area contributed by atoms with Crippen LogP contribution in [0.2, 0.25) is 5.02 Å². The van der Waals surface area contributed by atoms with Gasteiger partial charge in [-0.2, -0.15) is 0 Å². The van der Waals surface area contributed by atoms with Crippen molar-refractivity contribution in [2.45, 2.75) is 17.7 Å². The minimum atomic E-state index is -3.72. The number of sulfonamides is 1. The molecule has 0 heterocycles. The van der Waals surface area contributed by atoms with Gasteiger partial charge in [0.15, 0.2) is 0 Å². The Morgan fingerprint density at radius 3 is 2.21 bits per heavy atom. The van der Waals surface area contributed by atoms with Crippen molar-refractivity contribution in [1.29, 1.82) is 0 Å². The summed E-state index contributed by atoms with van der Waals surface area (Å²) in [5.74, 6) is -0.161. The van der Waals surface area contributed by atoms with Crippen LogP contribution in [-0.2, 0) is 10.0 Å². The second kappa shape index (κ2) is 9.11. The molecule has 150 valence electrons. The van der Waals surface area contributed by atoms with E-state index in [9.17, 15) is 13.2 Å². The number of carbonyl (C=O) groups is 1. The maximum absolute atomic E-state index is 12.5. The van der Waals surface area contributed by atoms with Gasteiger partial charge in [0.2, 0.25) is 0 Å². The van der Waals surface area contributed by atoms with Crippen molar-refractivity contribution in [3.8, 4) is 0 Å². The Balaban J connectivity index is 1.67. The summed E-state index contributed by atoms with van der Waals surface area (Å²) in [6, 6.07) is 22.4. The van der Waals surface area contributed by atoms with Crippen LogP contribution in [0.15, 0.2) is 83.8 Å². The van der Waals surface area contributed by atoms with Crippen LogP contribution in [0.4, 0.5) is 5.69 Å². The summed E-state index contributed by atoms with van der Waals surface area (Å²) in [5.41, 5.74) is 1.70. The first-order chi connectivity index (χ1) is 13.9. The molecule has 0 radical (unpaired) electrons. The number of anilines is 1. The van der Waals surface area contributed by atoms with Crippen LogP contribution in [0.1, 0.15) is 28.8 Å². The fourth-order valence-electron chi connectivity index (χ4n) is 2.82. The molecular weight excluding hydrogens is 408 g/mol. The van der Waals surface area contributed by atoms with E-state index >= 15 is 0 Å². The minimum absolute atomic E-state index is 0.146. The van der Waals surface area contributed by atoms with E-state index in [4.69, 9.17) is 11.6 Å². The molecule has 0 aliphatic heterocycles. The molecule has 1 atom stereocenters. The molecule has 5 nitrogen and oxygen atoms in total. The van der Waals surface area contributed by atoms with Crippen molar-refractivity contribution < 1.29 is 13.2 Å². The van der Waals surface area contributed by atoms with Crippen molar-refractivity contribution in [3.05, 3.63) is 95.0 Å². The Bertz CT molecular complexity index is 1090. The van der Waals surface area contributed by atoms with Gasteiger partial charge < -0.3 is 5.32 Å². The molecule has 0 aromatic heterocycles. The van der Waals surface area contributed by atoms with E-state index in [2.05, 4.69) is 10.0 Å². The van der Waals surface area contributed by atoms with Crippen LogP contribution in [0, 0.1) is 0 Å². The third-order valence-corrected chi connectivity index (χ3v) is 6.17. The molecule has 0 unspecified atom stereocenters. The number of hydrogen-bond donors (Lipinski definition) is 2. The highest BCUT2D eigenvalue weighted by Crippen LogP contribution is 2.23. The lowest BCUT2D eigenvalue weighted by Crippen LogP contribution is -2.27. The van der Waals surface area contributed by atoms with Crippen molar-refractivity contribution in [2.75, 3.05) is 11.3 Å². The number of hydrogen-bond acceptors (Lipinski definition) is 3. The van der Waals surface area contributed by atoms with Gasteiger partial charge in [0.1, 0.15) is 0 Å². The smallest absolute Gasteiger partial charge is 0.261 e. The van der Waals surface area contributed by atoms with Gasteiger partial charge in [-0.15, -0.1) is 0 Å². The van der Waals surface area contributed by atoms with E-state index in [0.29, 0.717) is 6.54 Å². The lowest BCUT2D eigenvalue weighted by atomic mass is 10.0. The maximum Gasteiger partial charge on any atom is 0.261 e. The largest absolute Gasteiger partial charge is 0.351 e. The van der Waals surface area contributed by atoms with Gasteiger partial charge in [0.05, 0.1) is 21.2 Å². The summed E-state index contributed by atoms with van der Waals surface area (Å²) in [5, 5.41) is 3.04. The normalized spacial score (nSPS) is 12.2. The van der Waals surface area contributed by atoms with Crippen LogP contribution in [-0.4, -0.2) is 20.9 Å². The fraction of sp³-hybridized carbons (Fsp3) is 0.136. The topological polar surface area (TPSA) is 75.3 Å². The quantitative estimate of drug-likeness (QED) is 0.574. The standard InChI is InChI=1S/C22H21ClN2O3S/c1-16(17-8-4-2-5-9-17)15-24-22(26)20-13-12-18(14-21(20)23)25-29(27,28)19-10-6-3-7-11-19/h2-14,16,25H,15H2,1H3,(H,24,26)/t16-/m0/s1. The van der Waals surface area contributed by atoms with E-state index in [1.165, 1.54) is 30.3 Å². The van der Waals surface area contributed by atoms with E-state index in [0.717, 1.165) is 5.56 Å². The van der Waals surface area contributed by atoms with E-state index in [1.807, 2.05) is 37.3 Å². The first-order valence-corrected chi connectivity index (χ1v) is 10.9. The van der Waals surface area contributed by atoms with Gasteiger partial charge in [0.25, 0.3) is 15.9 Å². The summed E-state index contributed by atoms with van der Waals surface area (Å²) < 4.78 is 27.3. The minimum Gasteiger partial charge on any atom is -0.351 e. The second-order valence-electron chi connectivity index (χ2n) is 6.63. The molecule has 3 aromatic rings. The molecule has 0 aliphatic rings. The second-order valence-corrected chi connectivity index (χ2v) is 8.72. The van der Waals surface area contributed by atoms with Gasteiger partial charge in [0, 0.05) is 6.54 Å². The number of halogens is 1. The molecule has 0 spiro atoms. The average Bonchev–Trinajstić information content (AvgIpc) is 2.73. The van der Waals surface area contributed by atoms with Gasteiger partial charge >= 0.3 is 0 Å². The highest BCUT2D eigenvalue weighted by molar-refractivity contribution is 7.92. The Hall–Kier alpha value is -2.83. The van der Waals surface area contributed by atoms with Crippen molar-refractivity contribution in [3.63, 3.8) is 0 Å². The Kier molecular flexibility index (Phi) is 6.56. The monoisotopic (exact) mass is 428 g/mol. The summed E-state index contributed by atoms with van der Waals surface area (Å²) in [7, 11) is -3.72. The highest BCUT2D eigenvalue weighted by atomic mass is 35.5. The van der Waals surface area contributed by atoms with E-state index in [-0.39, 0.29) is 33.0 Å². The number of carbonyl (C=O) groups excluding carboxylic acids is 1. The number of nitrogens with one attached hydrogen (secondary N) is 2. The molecule has 0 saturated heterocycles.